The number of hydrogen-bond donors (Lipinski definition) is 0. The summed E-state index contributed by atoms with van der Waals surface area (Å²) in [6.45, 7) is 9.66. The summed E-state index contributed by atoms with van der Waals surface area (Å²) < 4.78 is 10.2. The molecule has 0 aromatic rings. The summed E-state index contributed by atoms with van der Waals surface area (Å²) in [6.07, 6.45) is 2.45. The second-order valence-corrected chi connectivity index (χ2v) is 1.90. The van der Waals surface area contributed by atoms with Crippen molar-refractivity contribution in [3.8, 4) is 0 Å². The van der Waals surface area contributed by atoms with Gasteiger partial charge >= 0.3 is 0 Å². The van der Waals surface area contributed by atoms with E-state index in [4.69, 9.17) is 9.47 Å². The molecule has 0 saturated heterocycles. The molecule has 0 spiro atoms. The fourth-order valence-corrected chi connectivity index (χ4v) is 0.475. The summed E-state index contributed by atoms with van der Waals surface area (Å²) in [5, 5.41) is 0. The molecule has 0 N–H and O–H groups in total. The molecule has 0 fully saturated rings. The van der Waals surface area contributed by atoms with Crippen LogP contribution in [0.5, 0.6) is 0 Å². The molecule has 0 amide bonds. The van der Waals surface area contributed by atoms with Gasteiger partial charge in [0, 0.05) is 0 Å². The second-order valence-electron chi connectivity index (χ2n) is 1.90. The summed E-state index contributed by atoms with van der Waals surface area (Å²) in [5.74, 6) is 0. The Morgan fingerprint density at radius 2 is 2.30 bits per heavy atom. The Hall–Kier alpha value is -0.340. The predicted octanol–water partition coefficient (Wildman–Crippen LogP) is 2.12. The summed E-state index contributed by atoms with van der Waals surface area (Å²) in [4.78, 5) is 0. The Bertz CT molecular complexity index is 81.3. The fourth-order valence-electron chi connectivity index (χ4n) is 0.475. The van der Waals surface area contributed by atoms with E-state index in [-0.39, 0.29) is 6.29 Å². The third-order valence-electron chi connectivity index (χ3n) is 0.903. The third kappa shape index (κ3) is 5.79. The van der Waals surface area contributed by atoms with Gasteiger partial charge in [-0.25, -0.2) is 0 Å². The van der Waals surface area contributed by atoms with Crippen LogP contribution < -0.4 is 0 Å². The highest BCUT2D eigenvalue weighted by Crippen LogP contribution is 1.97. The standard InChI is InChI=1S/C8H15O2/c1-4-6-9-8(3)10-7-5-2/h4,7-8H,1,5-6H2,2-3H3. The van der Waals surface area contributed by atoms with Crippen molar-refractivity contribution in [3.05, 3.63) is 19.3 Å². The SMILES string of the molecule is C=CCOC(C)O[CH]CC. The molecular formula is C8H15O2. The van der Waals surface area contributed by atoms with Crippen LogP contribution in [0.25, 0.3) is 0 Å². The molecule has 59 valence electrons. The average Bonchev–Trinajstić information content (AvgIpc) is 1.97. The second kappa shape index (κ2) is 6.78. The molecule has 10 heavy (non-hydrogen) atoms. The smallest absolute Gasteiger partial charge is 0.155 e. The lowest BCUT2D eigenvalue weighted by molar-refractivity contribution is -0.0994. The van der Waals surface area contributed by atoms with Crippen LogP contribution in [0.3, 0.4) is 0 Å². The van der Waals surface area contributed by atoms with Gasteiger partial charge in [0.2, 0.25) is 0 Å². The maximum Gasteiger partial charge on any atom is 0.155 e. The highest BCUT2D eigenvalue weighted by atomic mass is 16.7. The van der Waals surface area contributed by atoms with Crippen LogP contribution in [0.2, 0.25) is 0 Å². The number of hydrogen-bond acceptors (Lipinski definition) is 2. The first kappa shape index (κ1) is 9.66. The van der Waals surface area contributed by atoms with Crippen molar-refractivity contribution in [2.24, 2.45) is 0 Å². The third-order valence-corrected chi connectivity index (χ3v) is 0.903. The van der Waals surface area contributed by atoms with E-state index in [2.05, 4.69) is 6.58 Å². The van der Waals surface area contributed by atoms with Crippen LogP contribution >= 0.6 is 0 Å². The predicted molar refractivity (Wildman–Crippen MR) is 41.3 cm³/mol. The van der Waals surface area contributed by atoms with Gasteiger partial charge in [-0.1, -0.05) is 13.0 Å². The van der Waals surface area contributed by atoms with Crippen LogP contribution in [0.1, 0.15) is 20.3 Å². The maximum absolute atomic E-state index is 5.12. The quantitative estimate of drug-likeness (QED) is 0.419. The lowest BCUT2D eigenvalue weighted by Gasteiger charge is -2.10. The maximum atomic E-state index is 5.12. The minimum absolute atomic E-state index is 0.155. The van der Waals surface area contributed by atoms with Gasteiger partial charge in [-0.3, -0.25) is 0 Å². The van der Waals surface area contributed by atoms with Crippen LogP contribution in [0.15, 0.2) is 12.7 Å². The van der Waals surface area contributed by atoms with Crippen LogP contribution in [0.4, 0.5) is 0 Å². The summed E-state index contributed by atoms with van der Waals surface area (Å²) in [7, 11) is 0. The summed E-state index contributed by atoms with van der Waals surface area (Å²) >= 11 is 0. The van der Waals surface area contributed by atoms with Crippen molar-refractivity contribution >= 4 is 0 Å². The minimum Gasteiger partial charge on any atom is -0.349 e. The van der Waals surface area contributed by atoms with Gasteiger partial charge in [0.1, 0.15) is 0 Å². The van der Waals surface area contributed by atoms with Crippen molar-refractivity contribution in [3.63, 3.8) is 0 Å². The lowest BCUT2D eigenvalue weighted by atomic mass is 10.5. The molecule has 0 saturated carbocycles. The van der Waals surface area contributed by atoms with Gasteiger partial charge < -0.3 is 9.47 Å². The van der Waals surface area contributed by atoms with E-state index < -0.39 is 0 Å². The molecule has 2 nitrogen and oxygen atoms in total. The van der Waals surface area contributed by atoms with Crippen LogP contribution in [0, 0.1) is 6.61 Å². The molecule has 0 aliphatic rings. The van der Waals surface area contributed by atoms with Crippen molar-refractivity contribution in [2.45, 2.75) is 26.6 Å². The highest BCUT2D eigenvalue weighted by Gasteiger charge is 1.97. The molecule has 0 aromatic carbocycles. The van der Waals surface area contributed by atoms with E-state index in [1.54, 1.807) is 12.7 Å². The number of ether oxygens (including phenoxy) is 2. The van der Waals surface area contributed by atoms with E-state index in [1.165, 1.54) is 0 Å². The first-order valence-corrected chi connectivity index (χ1v) is 3.50. The normalized spacial score (nSPS) is 13.0. The van der Waals surface area contributed by atoms with Crippen molar-refractivity contribution in [2.75, 3.05) is 6.61 Å². The van der Waals surface area contributed by atoms with Crippen molar-refractivity contribution < 1.29 is 9.47 Å². The Morgan fingerprint density at radius 1 is 1.60 bits per heavy atom. The van der Waals surface area contributed by atoms with Crippen LogP contribution in [-0.4, -0.2) is 12.9 Å². The monoisotopic (exact) mass is 143 g/mol. The Kier molecular flexibility index (Phi) is 6.55. The Labute approximate surface area is 62.8 Å². The molecule has 0 heterocycles. The molecule has 2 heteroatoms. The first-order chi connectivity index (χ1) is 4.81. The highest BCUT2D eigenvalue weighted by molar-refractivity contribution is 4.64. The Balaban J connectivity index is 3.07. The fraction of sp³-hybridized carbons (Fsp3) is 0.625. The van der Waals surface area contributed by atoms with E-state index in [0.717, 1.165) is 6.42 Å². The van der Waals surface area contributed by atoms with Gasteiger partial charge in [0.25, 0.3) is 0 Å². The van der Waals surface area contributed by atoms with E-state index in [0.29, 0.717) is 6.61 Å². The van der Waals surface area contributed by atoms with Crippen LogP contribution in [-0.2, 0) is 9.47 Å². The molecular weight excluding hydrogens is 128 g/mol. The molecule has 0 rings (SSSR count). The van der Waals surface area contributed by atoms with E-state index in [9.17, 15) is 0 Å². The van der Waals surface area contributed by atoms with E-state index in [1.807, 2.05) is 13.8 Å². The molecule has 0 bridgehead atoms. The molecule has 1 radical (unpaired) electrons. The largest absolute Gasteiger partial charge is 0.349 e. The zero-order valence-corrected chi connectivity index (χ0v) is 6.67. The van der Waals surface area contributed by atoms with Gasteiger partial charge in [0.15, 0.2) is 6.29 Å². The van der Waals surface area contributed by atoms with Gasteiger partial charge in [-0.2, -0.15) is 0 Å². The Morgan fingerprint density at radius 3 is 2.80 bits per heavy atom. The molecule has 0 aliphatic carbocycles. The first-order valence-electron chi connectivity index (χ1n) is 3.50. The summed E-state index contributed by atoms with van der Waals surface area (Å²) in [6, 6.07) is 0. The van der Waals surface area contributed by atoms with Gasteiger partial charge in [-0.15, -0.1) is 6.58 Å². The zero-order chi connectivity index (χ0) is 7.82. The topological polar surface area (TPSA) is 18.5 Å². The number of rotatable bonds is 6. The molecule has 0 aliphatic heterocycles. The zero-order valence-electron chi connectivity index (χ0n) is 6.67. The summed E-state index contributed by atoms with van der Waals surface area (Å²) in [5.41, 5.74) is 0. The molecule has 0 aromatic heterocycles. The lowest BCUT2D eigenvalue weighted by Crippen LogP contribution is -2.10. The minimum atomic E-state index is -0.155. The van der Waals surface area contributed by atoms with Crippen molar-refractivity contribution in [1.29, 1.82) is 0 Å². The van der Waals surface area contributed by atoms with Gasteiger partial charge in [-0.05, 0) is 13.3 Å². The van der Waals surface area contributed by atoms with Crippen molar-refractivity contribution in [1.82, 2.24) is 0 Å². The molecule has 1 unspecified atom stereocenters. The van der Waals surface area contributed by atoms with E-state index >= 15 is 0 Å². The van der Waals surface area contributed by atoms with Gasteiger partial charge in [0.05, 0.1) is 13.2 Å². The molecule has 1 atom stereocenters. The average molecular weight is 143 g/mol.